The van der Waals surface area contributed by atoms with E-state index in [4.69, 9.17) is 21.1 Å². The van der Waals surface area contributed by atoms with E-state index in [1.807, 2.05) is 6.07 Å². The van der Waals surface area contributed by atoms with Crippen molar-refractivity contribution in [3.8, 4) is 11.5 Å². The van der Waals surface area contributed by atoms with Gasteiger partial charge in [0.1, 0.15) is 0 Å². The molecule has 1 fully saturated rings. The molecule has 0 amide bonds. The standard InChI is InChI=1S/C19H25ClO4S/c1-2-3-7-14-15(20)9-16-17(24-11-23-16)18(14)25-10-12-5-4-6-13(8-12)19(21)22/h9,12-13H,2-8,10-11H2,1H3,(H,21,22). The summed E-state index contributed by atoms with van der Waals surface area (Å²) in [4.78, 5) is 12.4. The first kappa shape index (κ1) is 18.7. The van der Waals surface area contributed by atoms with Crippen molar-refractivity contribution in [2.75, 3.05) is 12.5 Å². The first-order valence-electron chi connectivity index (χ1n) is 9.06. The third-order valence-electron chi connectivity index (χ3n) is 5.04. The number of thioether (sulfide) groups is 1. The summed E-state index contributed by atoms with van der Waals surface area (Å²) < 4.78 is 11.2. The molecule has 1 aliphatic carbocycles. The molecule has 0 radical (unpaired) electrons. The number of aliphatic carboxylic acids is 1. The first-order chi connectivity index (χ1) is 12.1. The minimum absolute atomic E-state index is 0.191. The number of halogens is 1. The fourth-order valence-electron chi connectivity index (χ4n) is 3.63. The Morgan fingerprint density at radius 2 is 2.24 bits per heavy atom. The summed E-state index contributed by atoms with van der Waals surface area (Å²) in [7, 11) is 0. The maximum atomic E-state index is 11.3. The van der Waals surface area contributed by atoms with E-state index in [0.717, 1.165) is 77.7 Å². The average molecular weight is 385 g/mol. The molecular weight excluding hydrogens is 360 g/mol. The van der Waals surface area contributed by atoms with Gasteiger partial charge in [0.2, 0.25) is 6.79 Å². The van der Waals surface area contributed by atoms with Gasteiger partial charge < -0.3 is 14.6 Å². The van der Waals surface area contributed by atoms with Crippen LogP contribution in [0.5, 0.6) is 11.5 Å². The molecule has 1 aromatic carbocycles. The number of unbranched alkanes of at least 4 members (excludes halogenated alkanes) is 1. The lowest BCUT2D eigenvalue weighted by molar-refractivity contribution is -0.143. The van der Waals surface area contributed by atoms with E-state index in [9.17, 15) is 9.90 Å². The van der Waals surface area contributed by atoms with Crippen molar-refractivity contribution >= 4 is 29.3 Å². The smallest absolute Gasteiger partial charge is 0.306 e. The van der Waals surface area contributed by atoms with Crippen molar-refractivity contribution in [3.05, 3.63) is 16.7 Å². The van der Waals surface area contributed by atoms with Crippen molar-refractivity contribution in [3.63, 3.8) is 0 Å². The van der Waals surface area contributed by atoms with Gasteiger partial charge >= 0.3 is 5.97 Å². The molecule has 1 aromatic rings. The Balaban J connectivity index is 1.75. The van der Waals surface area contributed by atoms with Crippen LogP contribution in [0.4, 0.5) is 0 Å². The van der Waals surface area contributed by atoms with Crippen LogP contribution in [0.3, 0.4) is 0 Å². The molecule has 0 saturated heterocycles. The minimum atomic E-state index is -0.654. The molecule has 2 atom stereocenters. The Kier molecular flexibility index (Phi) is 6.39. The lowest BCUT2D eigenvalue weighted by Gasteiger charge is -2.26. The monoisotopic (exact) mass is 384 g/mol. The molecule has 0 bridgehead atoms. The maximum Gasteiger partial charge on any atom is 0.306 e. The molecule has 2 unspecified atom stereocenters. The molecule has 1 saturated carbocycles. The van der Waals surface area contributed by atoms with Crippen molar-refractivity contribution in [2.45, 2.75) is 56.8 Å². The second-order valence-electron chi connectivity index (χ2n) is 6.88. The molecule has 3 rings (SSSR count). The highest BCUT2D eigenvalue weighted by Crippen LogP contribution is 2.48. The Bertz CT molecular complexity index is 634. The highest BCUT2D eigenvalue weighted by molar-refractivity contribution is 7.99. The van der Waals surface area contributed by atoms with Gasteiger partial charge in [0.05, 0.1) is 10.8 Å². The van der Waals surface area contributed by atoms with Crippen LogP contribution in [-0.2, 0) is 11.2 Å². The van der Waals surface area contributed by atoms with E-state index < -0.39 is 5.97 Å². The average Bonchev–Trinajstić information content (AvgIpc) is 3.06. The number of hydrogen-bond acceptors (Lipinski definition) is 4. The topological polar surface area (TPSA) is 55.8 Å². The Morgan fingerprint density at radius 1 is 1.40 bits per heavy atom. The van der Waals surface area contributed by atoms with Gasteiger partial charge in [-0.25, -0.2) is 0 Å². The molecule has 0 aromatic heterocycles. The third kappa shape index (κ3) is 4.37. The lowest BCUT2D eigenvalue weighted by Crippen LogP contribution is -2.23. The van der Waals surface area contributed by atoms with Crippen LogP contribution in [0.2, 0.25) is 5.02 Å². The maximum absolute atomic E-state index is 11.3. The number of rotatable bonds is 7. The highest BCUT2D eigenvalue weighted by atomic mass is 35.5. The SMILES string of the molecule is CCCCc1c(Cl)cc2c(c1SCC1CCCC(C(=O)O)C1)OCO2. The molecule has 0 spiro atoms. The zero-order chi connectivity index (χ0) is 17.8. The first-order valence-corrected chi connectivity index (χ1v) is 10.4. The molecule has 2 aliphatic rings. The predicted octanol–water partition coefficient (Wildman–Crippen LogP) is 5.39. The van der Waals surface area contributed by atoms with Gasteiger partial charge in [-0.15, -0.1) is 11.8 Å². The molecule has 1 aliphatic heterocycles. The number of hydrogen-bond donors (Lipinski definition) is 1. The number of carboxylic acids is 1. The summed E-state index contributed by atoms with van der Waals surface area (Å²) in [6.07, 6.45) is 6.79. The number of carboxylic acid groups (broad SMARTS) is 1. The Hall–Kier alpha value is -1.07. The second-order valence-corrected chi connectivity index (χ2v) is 8.32. The van der Waals surface area contributed by atoms with Gasteiger partial charge in [0.25, 0.3) is 0 Å². The van der Waals surface area contributed by atoms with Crippen molar-refractivity contribution in [1.29, 1.82) is 0 Å². The van der Waals surface area contributed by atoms with Gasteiger partial charge in [-0.3, -0.25) is 4.79 Å². The molecule has 138 valence electrons. The van der Waals surface area contributed by atoms with E-state index in [1.165, 1.54) is 0 Å². The Morgan fingerprint density at radius 3 is 3.00 bits per heavy atom. The summed E-state index contributed by atoms with van der Waals surface area (Å²) in [6, 6.07) is 1.86. The van der Waals surface area contributed by atoms with Gasteiger partial charge in [-0.1, -0.05) is 31.4 Å². The van der Waals surface area contributed by atoms with E-state index in [2.05, 4.69) is 6.92 Å². The summed E-state index contributed by atoms with van der Waals surface area (Å²) in [5, 5.41) is 10.0. The predicted molar refractivity (Wildman–Crippen MR) is 100.0 cm³/mol. The van der Waals surface area contributed by atoms with E-state index >= 15 is 0 Å². The largest absolute Gasteiger partial charge is 0.481 e. The number of ether oxygens (including phenoxy) is 2. The fraction of sp³-hybridized carbons (Fsp3) is 0.632. The van der Waals surface area contributed by atoms with Gasteiger partial charge in [-0.2, -0.15) is 0 Å². The lowest BCUT2D eigenvalue weighted by atomic mass is 9.82. The van der Waals surface area contributed by atoms with E-state index in [-0.39, 0.29) is 12.7 Å². The molecule has 25 heavy (non-hydrogen) atoms. The van der Waals surface area contributed by atoms with Crippen LogP contribution in [0, 0.1) is 11.8 Å². The van der Waals surface area contributed by atoms with Gasteiger partial charge in [0, 0.05) is 16.8 Å². The van der Waals surface area contributed by atoms with Crippen LogP contribution in [0.15, 0.2) is 11.0 Å². The van der Waals surface area contributed by atoms with Crippen LogP contribution in [0.25, 0.3) is 0 Å². The van der Waals surface area contributed by atoms with Crippen LogP contribution in [0.1, 0.15) is 51.0 Å². The summed E-state index contributed by atoms with van der Waals surface area (Å²) in [6.45, 7) is 2.41. The van der Waals surface area contributed by atoms with Crippen molar-refractivity contribution in [2.24, 2.45) is 11.8 Å². The van der Waals surface area contributed by atoms with E-state index in [1.54, 1.807) is 11.8 Å². The summed E-state index contributed by atoms with van der Waals surface area (Å²) >= 11 is 8.26. The third-order valence-corrected chi connectivity index (χ3v) is 6.74. The molecule has 1 heterocycles. The molecule has 1 N–H and O–H groups in total. The minimum Gasteiger partial charge on any atom is -0.481 e. The summed E-state index contributed by atoms with van der Waals surface area (Å²) in [5.41, 5.74) is 1.14. The second kappa shape index (κ2) is 8.54. The fourth-order valence-corrected chi connectivity index (χ4v) is 5.35. The summed E-state index contributed by atoms with van der Waals surface area (Å²) in [5.74, 6) is 2.02. The molecule has 4 nitrogen and oxygen atoms in total. The highest BCUT2D eigenvalue weighted by Gasteiger charge is 2.29. The van der Waals surface area contributed by atoms with Crippen molar-refractivity contribution < 1.29 is 19.4 Å². The number of carbonyl (C=O) groups is 1. The van der Waals surface area contributed by atoms with E-state index in [0.29, 0.717) is 5.92 Å². The number of benzene rings is 1. The Labute approximate surface area is 158 Å². The normalized spacial score (nSPS) is 22.2. The number of fused-ring (bicyclic) bond motifs is 1. The zero-order valence-corrected chi connectivity index (χ0v) is 16.1. The van der Waals surface area contributed by atoms with Gasteiger partial charge in [-0.05, 0) is 43.6 Å². The van der Waals surface area contributed by atoms with Crippen LogP contribution >= 0.6 is 23.4 Å². The quantitative estimate of drug-likeness (QED) is 0.638. The van der Waals surface area contributed by atoms with Crippen LogP contribution in [-0.4, -0.2) is 23.6 Å². The van der Waals surface area contributed by atoms with Crippen molar-refractivity contribution in [1.82, 2.24) is 0 Å². The van der Waals surface area contributed by atoms with Gasteiger partial charge in [0.15, 0.2) is 11.5 Å². The molecular formula is C19H25ClO4S. The van der Waals surface area contributed by atoms with Crippen LogP contribution < -0.4 is 9.47 Å². The molecule has 6 heteroatoms. The zero-order valence-electron chi connectivity index (χ0n) is 14.6.